The number of hydrogen-bond acceptors (Lipinski definition) is 3. The first-order valence-electron chi connectivity index (χ1n) is 10.3. The molecule has 1 aromatic rings. The summed E-state index contributed by atoms with van der Waals surface area (Å²) in [6.07, 6.45) is 7.33. The Morgan fingerprint density at radius 3 is 2.21 bits per heavy atom. The molecule has 0 spiro atoms. The van der Waals surface area contributed by atoms with Crippen LogP contribution in [0.15, 0.2) is 24.3 Å². The number of amides is 1. The van der Waals surface area contributed by atoms with E-state index in [1.807, 2.05) is 24.1 Å². The maximum absolute atomic E-state index is 12.9. The largest absolute Gasteiger partial charge is 0.481 e. The lowest BCUT2D eigenvalue weighted by Crippen LogP contribution is -2.39. The molecule has 3 rings (SSSR count). The SMILES string of the molecule is CN(C(=O)c1ccc(C2CCNCC2)cc1)[C@H]1CC[C@H](CCC(=O)O)CC1.Cl. The van der Waals surface area contributed by atoms with Crippen LogP contribution in [0.3, 0.4) is 0 Å². The van der Waals surface area contributed by atoms with Crippen molar-refractivity contribution < 1.29 is 14.7 Å². The highest BCUT2D eigenvalue weighted by Crippen LogP contribution is 2.31. The fraction of sp³-hybridized carbons (Fsp3) is 0.636. The van der Waals surface area contributed by atoms with Crippen LogP contribution in [0.4, 0.5) is 0 Å². The Morgan fingerprint density at radius 1 is 1.04 bits per heavy atom. The van der Waals surface area contributed by atoms with E-state index in [0.717, 1.165) is 63.6 Å². The first-order valence-corrected chi connectivity index (χ1v) is 10.3. The fourth-order valence-electron chi connectivity index (χ4n) is 4.57. The van der Waals surface area contributed by atoms with E-state index in [1.54, 1.807) is 0 Å². The molecule has 0 radical (unpaired) electrons. The summed E-state index contributed by atoms with van der Waals surface area (Å²) in [5, 5.41) is 12.2. The molecule has 1 aliphatic heterocycles. The van der Waals surface area contributed by atoms with Gasteiger partial charge in [-0.2, -0.15) is 0 Å². The Kier molecular flexibility index (Phi) is 8.77. The lowest BCUT2D eigenvalue weighted by Gasteiger charge is -2.34. The monoisotopic (exact) mass is 408 g/mol. The maximum atomic E-state index is 12.9. The molecule has 0 aromatic heterocycles. The molecule has 2 N–H and O–H groups in total. The Hall–Kier alpha value is -1.59. The van der Waals surface area contributed by atoms with Crippen LogP contribution in [0.25, 0.3) is 0 Å². The van der Waals surface area contributed by atoms with E-state index < -0.39 is 5.97 Å². The molecular weight excluding hydrogens is 376 g/mol. The van der Waals surface area contributed by atoms with E-state index in [-0.39, 0.29) is 30.8 Å². The molecular formula is C22H33ClN2O3. The van der Waals surface area contributed by atoms with Crippen molar-refractivity contribution in [3.8, 4) is 0 Å². The average molecular weight is 409 g/mol. The number of piperidine rings is 1. The van der Waals surface area contributed by atoms with Gasteiger partial charge in [-0.1, -0.05) is 12.1 Å². The van der Waals surface area contributed by atoms with Crippen molar-refractivity contribution in [1.82, 2.24) is 10.2 Å². The topological polar surface area (TPSA) is 69.6 Å². The van der Waals surface area contributed by atoms with Crippen molar-refractivity contribution in [3.05, 3.63) is 35.4 Å². The number of carbonyl (C=O) groups excluding carboxylic acids is 1. The second kappa shape index (κ2) is 10.8. The first-order chi connectivity index (χ1) is 13.0. The number of nitrogens with one attached hydrogen (secondary N) is 1. The average Bonchev–Trinajstić information content (AvgIpc) is 2.72. The molecule has 1 heterocycles. The molecule has 28 heavy (non-hydrogen) atoms. The van der Waals surface area contributed by atoms with Gasteiger partial charge in [0.15, 0.2) is 0 Å². The van der Waals surface area contributed by atoms with Gasteiger partial charge in [-0.15, -0.1) is 12.4 Å². The van der Waals surface area contributed by atoms with E-state index in [4.69, 9.17) is 5.11 Å². The quantitative estimate of drug-likeness (QED) is 0.744. The van der Waals surface area contributed by atoms with Gasteiger partial charge in [0.2, 0.25) is 0 Å². The summed E-state index contributed by atoms with van der Waals surface area (Å²) >= 11 is 0. The van der Waals surface area contributed by atoms with Crippen molar-refractivity contribution >= 4 is 24.3 Å². The van der Waals surface area contributed by atoms with Gasteiger partial charge in [-0.3, -0.25) is 9.59 Å². The highest BCUT2D eigenvalue weighted by Gasteiger charge is 2.27. The second-order valence-corrected chi connectivity index (χ2v) is 8.17. The normalized spacial score (nSPS) is 22.9. The number of hydrogen-bond donors (Lipinski definition) is 2. The van der Waals surface area contributed by atoms with Gasteiger partial charge < -0.3 is 15.3 Å². The molecule has 6 heteroatoms. The number of nitrogens with zero attached hydrogens (tertiary/aromatic N) is 1. The van der Waals surface area contributed by atoms with Crippen LogP contribution in [0.1, 0.15) is 73.2 Å². The number of carboxylic acids is 1. The molecule has 1 saturated heterocycles. The zero-order valence-electron chi connectivity index (χ0n) is 16.7. The summed E-state index contributed by atoms with van der Waals surface area (Å²) in [5.41, 5.74) is 2.11. The smallest absolute Gasteiger partial charge is 0.303 e. The molecule has 156 valence electrons. The third kappa shape index (κ3) is 5.95. The summed E-state index contributed by atoms with van der Waals surface area (Å²) in [5.74, 6) is 0.484. The van der Waals surface area contributed by atoms with Gasteiger partial charge in [0.25, 0.3) is 5.91 Å². The molecule has 5 nitrogen and oxygen atoms in total. The predicted octanol–water partition coefficient (Wildman–Crippen LogP) is 4.07. The summed E-state index contributed by atoms with van der Waals surface area (Å²) in [6.45, 7) is 2.15. The lowest BCUT2D eigenvalue weighted by molar-refractivity contribution is -0.137. The zero-order chi connectivity index (χ0) is 19.2. The van der Waals surface area contributed by atoms with Crippen LogP contribution in [-0.4, -0.2) is 48.1 Å². The molecule has 2 fully saturated rings. The van der Waals surface area contributed by atoms with Crippen LogP contribution in [-0.2, 0) is 4.79 Å². The number of aliphatic carboxylic acids is 1. The fourth-order valence-corrected chi connectivity index (χ4v) is 4.57. The highest BCUT2D eigenvalue weighted by atomic mass is 35.5. The minimum atomic E-state index is -0.711. The molecule has 0 unspecified atom stereocenters. The summed E-state index contributed by atoms with van der Waals surface area (Å²) in [7, 11) is 1.91. The number of benzene rings is 1. The predicted molar refractivity (Wildman–Crippen MR) is 113 cm³/mol. The van der Waals surface area contributed by atoms with E-state index in [0.29, 0.717) is 11.8 Å². The van der Waals surface area contributed by atoms with Crippen molar-refractivity contribution in [1.29, 1.82) is 0 Å². The maximum Gasteiger partial charge on any atom is 0.303 e. The van der Waals surface area contributed by atoms with E-state index in [2.05, 4.69) is 17.4 Å². The third-order valence-electron chi connectivity index (χ3n) is 6.42. The van der Waals surface area contributed by atoms with Crippen molar-refractivity contribution in [2.24, 2.45) is 5.92 Å². The summed E-state index contributed by atoms with van der Waals surface area (Å²) in [4.78, 5) is 25.5. The van der Waals surface area contributed by atoms with Gasteiger partial charge in [-0.05, 0) is 87.6 Å². The molecule has 0 atom stereocenters. The summed E-state index contributed by atoms with van der Waals surface area (Å²) < 4.78 is 0. The van der Waals surface area contributed by atoms with Gasteiger partial charge in [0.1, 0.15) is 0 Å². The van der Waals surface area contributed by atoms with Crippen molar-refractivity contribution in [3.63, 3.8) is 0 Å². The lowest BCUT2D eigenvalue weighted by atomic mass is 9.83. The molecule has 1 amide bonds. The van der Waals surface area contributed by atoms with Gasteiger partial charge in [0, 0.05) is 25.1 Å². The molecule has 1 aliphatic carbocycles. The molecule has 1 aromatic carbocycles. The molecule has 1 saturated carbocycles. The van der Waals surface area contributed by atoms with Crippen LogP contribution in [0.5, 0.6) is 0 Å². The van der Waals surface area contributed by atoms with E-state index >= 15 is 0 Å². The third-order valence-corrected chi connectivity index (χ3v) is 6.42. The van der Waals surface area contributed by atoms with Crippen LogP contribution in [0.2, 0.25) is 0 Å². The number of halogens is 1. The zero-order valence-corrected chi connectivity index (χ0v) is 17.5. The van der Waals surface area contributed by atoms with E-state index in [1.165, 1.54) is 5.56 Å². The van der Waals surface area contributed by atoms with Crippen LogP contribution in [0, 0.1) is 5.92 Å². The Morgan fingerprint density at radius 2 is 1.64 bits per heavy atom. The Balaban J connectivity index is 0.00000280. The highest BCUT2D eigenvalue weighted by molar-refractivity contribution is 5.94. The Bertz CT molecular complexity index is 636. The second-order valence-electron chi connectivity index (χ2n) is 8.17. The minimum absolute atomic E-state index is 0. The first kappa shape index (κ1) is 22.7. The van der Waals surface area contributed by atoms with Gasteiger partial charge >= 0.3 is 5.97 Å². The Labute approximate surface area is 174 Å². The number of carboxylic acid groups (broad SMARTS) is 1. The minimum Gasteiger partial charge on any atom is -0.481 e. The van der Waals surface area contributed by atoms with E-state index in [9.17, 15) is 9.59 Å². The molecule has 2 aliphatic rings. The van der Waals surface area contributed by atoms with Crippen LogP contribution >= 0.6 is 12.4 Å². The van der Waals surface area contributed by atoms with Crippen molar-refractivity contribution in [2.75, 3.05) is 20.1 Å². The molecule has 0 bridgehead atoms. The number of carbonyl (C=O) groups is 2. The summed E-state index contributed by atoms with van der Waals surface area (Å²) in [6, 6.07) is 8.48. The van der Waals surface area contributed by atoms with Crippen LogP contribution < -0.4 is 5.32 Å². The van der Waals surface area contributed by atoms with Crippen molar-refractivity contribution in [2.45, 2.75) is 63.3 Å². The van der Waals surface area contributed by atoms with Gasteiger partial charge in [-0.25, -0.2) is 0 Å². The van der Waals surface area contributed by atoms with Gasteiger partial charge in [0.05, 0.1) is 0 Å². The number of rotatable bonds is 6. The standard InChI is InChI=1S/C22H32N2O3.ClH/c1-24(20-9-2-16(3-10-20)4-11-21(25)26)22(27)19-7-5-17(6-8-19)18-12-14-23-15-13-18;/h5-8,16,18,20,23H,2-4,9-15H2,1H3,(H,25,26);1H/t16-,20-;.